The molecule has 6 heteroatoms. The molecule has 0 atom stereocenters. The second-order valence-corrected chi connectivity index (χ2v) is 8.16. The Morgan fingerprint density at radius 1 is 0.933 bits per heavy atom. The highest BCUT2D eigenvalue weighted by molar-refractivity contribution is 8.00. The van der Waals surface area contributed by atoms with Gasteiger partial charge >= 0.3 is 0 Å². The molecule has 30 heavy (non-hydrogen) atoms. The lowest BCUT2D eigenvalue weighted by molar-refractivity contribution is 0.0985. The fraction of sp³-hybridized carbons (Fsp3) is 0.208. The molecule has 2 heterocycles. The maximum Gasteiger partial charge on any atom is 0.258 e. The topological polar surface area (TPSA) is 50.8 Å². The van der Waals surface area contributed by atoms with Crippen LogP contribution in [0.5, 0.6) is 11.5 Å². The zero-order valence-corrected chi connectivity index (χ0v) is 17.3. The second kappa shape index (κ2) is 8.32. The van der Waals surface area contributed by atoms with Crippen molar-refractivity contribution < 1.29 is 14.3 Å². The van der Waals surface area contributed by atoms with Crippen LogP contribution in [0.2, 0.25) is 0 Å². The van der Waals surface area contributed by atoms with E-state index in [1.54, 1.807) is 0 Å². The molecule has 0 aliphatic carbocycles. The average molecular weight is 419 g/mol. The Balaban J connectivity index is 1.25. The zero-order chi connectivity index (χ0) is 20.3. The van der Waals surface area contributed by atoms with E-state index < -0.39 is 0 Å². The average Bonchev–Trinajstić information content (AvgIpc) is 2.82. The molecular weight excluding hydrogens is 396 g/mol. The van der Waals surface area contributed by atoms with Crippen molar-refractivity contribution >= 4 is 29.2 Å². The maximum atomic E-state index is 13.1. The fourth-order valence-electron chi connectivity index (χ4n) is 3.79. The summed E-state index contributed by atoms with van der Waals surface area (Å²) < 4.78 is 14.5. The second-order valence-electron chi connectivity index (χ2n) is 7.28. The standard InChI is InChI=1S/C24H22N2O3S/c27-24(26-13-3-5-17-4-1-2-6-21(17)26)18-7-9-19(10-8-18)25-30-20-11-12-22-23(16-20)29-15-14-28-22/h1-2,4,6-12,16,25H,3,5,13-15H2. The molecular formula is C24H22N2O3S. The number of fused-ring (bicyclic) bond motifs is 2. The van der Waals surface area contributed by atoms with E-state index in [1.807, 2.05) is 65.6 Å². The van der Waals surface area contributed by atoms with E-state index in [1.165, 1.54) is 17.5 Å². The van der Waals surface area contributed by atoms with Gasteiger partial charge in [-0.1, -0.05) is 18.2 Å². The number of ether oxygens (including phenoxy) is 2. The van der Waals surface area contributed by atoms with E-state index in [9.17, 15) is 4.79 Å². The van der Waals surface area contributed by atoms with Crippen molar-refractivity contribution in [1.82, 2.24) is 0 Å². The number of hydrogen-bond acceptors (Lipinski definition) is 5. The van der Waals surface area contributed by atoms with Gasteiger partial charge < -0.3 is 19.1 Å². The van der Waals surface area contributed by atoms with Gasteiger partial charge in [0.2, 0.25) is 0 Å². The first kappa shape index (κ1) is 18.9. The van der Waals surface area contributed by atoms with Crippen LogP contribution in [0.3, 0.4) is 0 Å². The van der Waals surface area contributed by atoms with Gasteiger partial charge in [-0.2, -0.15) is 0 Å². The minimum atomic E-state index is 0.0492. The largest absolute Gasteiger partial charge is 0.486 e. The maximum absolute atomic E-state index is 13.1. The highest BCUT2D eigenvalue weighted by atomic mass is 32.2. The molecule has 0 fully saturated rings. The molecule has 1 N–H and O–H groups in total. The van der Waals surface area contributed by atoms with Gasteiger partial charge in [-0.15, -0.1) is 0 Å². The first-order valence-electron chi connectivity index (χ1n) is 10.1. The first-order valence-corrected chi connectivity index (χ1v) is 10.9. The predicted octanol–water partition coefficient (Wildman–Crippen LogP) is 5.17. The summed E-state index contributed by atoms with van der Waals surface area (Å²) in [7, 11) is 0. The van der Waals surface area contributed by atoms with Crippen molar-refractivity contribution in [3.63, 3.8) is 0 Å². The summed E-state index contributed by atoms with van der Waals surface area (Å²) in [5.41, 5.74) is 3.91. The van der Waals surface area contributed by atoms with Crippen LogP contribution in [0.25, 0.3) is 0 Å². The molecule has 0 radical (unpaired) electrons. The summed E-state index contributed by atoms with van der Waals surface area (Å²) in [6.45, 7) is 1.92. The lowest BCUT2D eigenvalue weighted by Crippen LogP contribution is -2.35. The van der Waals surface area contributed by atoms with Gasteiger partial charge in [0.1, 0.15) is 13.2 Å². The summed E-state index contributed by atoms with van der Waals surface area (Å²) in [6, 6.07) is 21.7. The van der Waals surface area contributed by atoms with Crippen LogP contribution in [0.15, 0.2) is 71.6 Å². The number of aryl methyl sites for hydroxylation is 1. The van der Waals surface area contributed by atoms with Gasteiger partial charge in [-0.3, -0.25) is 4.79 Å². The molecule has 0 saturated heterocycles. The SMILES string of the molecule is O=C(c1ccc(NSc2ccc3c(c2)OCCO3)cc1)N1CCCc2ccccc21. The van der Waals surface area contributed by atoms with Crippen molar-refractivity contribution in [3.8, 4) is 11.5 Å². The van der Waals surface area contributed by atoms with Crippen LogP contribution in [0.4, 0.5) is 11.4 Å². The summed E-state index contributed by atoms with van der Waals surface area (Å²) >= 11 is 1.50. The third-order valence-electron chi connectivity index (χ3n) is 5.29. The summed E-state index contributed by atoms with van der Waals surface area (Å²) in [4.78, 5) is 16.0. The quantitative estimate of drug-likeness (QED) is 0.593. The molecule has 1 amide bonds. The van der Waals surface area contributed by atoms with Crippen LogP contribution < -0.4 is 19.1 Å². The molecule has 3 aromatic rings. The normalized spacial score (nSPS) is 14.7. The van der Waals surface area contributed by atoms with Crippen LogP contribution in [-0.2, 0) is 6.42 Å². The third-order valence-corrected chi connectivity index (χ3v) is 6.12. The van der Waals surface area contributed by atoms with Gasteiger partial charge in [0.05, 0.1) is 0 Å². The van der Waals surface area contributed by atoms with Gasteiger partial charge in [0.15, 0.2) is 11.5 Å². The van der Waals surface area contributed by atoms with Crippen molar-refractivity contribution in [2.24, 2.45) is 0 Å². The molecule has 0 saturated carbocycles. The summed E-state index contributed by atoms with van der Waals surface area (Å²) in [5, 5.41) is 0. The predicted molar refractivity (Wildman–Crippen MR) is 120 cm³/mol. The number of nitrogens with zero attached hydrogens (tertiary/aromatic N) is 1. The van der Waals surface area contributed by atoms with Crippen molar-refractivity contribution in [2.45, 2.75) is 17.7 Å². The van der Waals surface area contributed by atoms with Gasteiger partial charge in [0, 0.05) is 28.4 Å². The monoisotopic (exact) mass is 418 g/mol. The van der Waals surface area contributed by atoms with Crippen LogP contribution in [0, 0.1) is 0 Å². The van der Waals surface area contributed by atoms with E-state index in [-0.39, 0.29) is 5.91 Å². The van der Waals surface area contributed by atoms with Crippen LogP contribution >= 0.6 is 11.9 Å². The number of amides is 1. The molecule has 5 rings (SSSR count). The van der Waals surface area contributed by atoms with Gasteiger partial charge in [0.25, 0.3) is 5.91 Å². The molecule has 5 nitrogen and oxygen atoms in total. The highest BCUT2D eigenvalue weighted by Crippen LogP contribution is 2.34. The summed E-state index contributed by atoms with van der Waals surface area (Å²) in [5.74, 6) is 1.61. The van der Waals surface area contributed by atoms with Crippen molar-refractivity contribution in [2.75, 3.05) is 29.4 Å². The molecule has 2 aliphatic rings. The number of carbonyl (C=O) groups is 1. The lowest BCUT2D eigenvalue weighted by atomic mass is 10.0. The smallest absolute Gasteiger partial charge is 0.258 e. The van der Waals surface area contributed by atoms with Crippen LogP contribution in [0.1, 0.15) is 22.3 Å². The molecule has 0 aromatic heterocycles. The Labute approximate surface area is 180 Å². The zero-order valence-electron chi connectivity index (χ0n) is 16.5. The minimum Gasteiger partial charge on any atom is -0.486 e. The third kappa shape index (κ3) is 3.83. The number of carbonyl (C=O) groups excluding carboxylic acids is 1. The van der Waals surface area contributed by atoms with E-state index in [4.69, 9.17) is 9.47 Å². The Morgan fingerprint density at radius 3 is 2.60 bits per heavy atom. The number of hydrogen-bond donors (Lipinski definition) is 1. The Bertz CT molecular complexity index is 1070. The van der Waals surface area contributed by atoms with Crippen molar-refractivity contribution in [3.05, 3.63) is 77.9 Å². The van der Waals surface area contributed by atoms with E-state index >= 15 is 0 Å². The van der Waals surface area contributed by atoms with E-state index in [2.05, 4.69) is 10.8 Å². The molecule has 0 spiro atoms. The van der Waals surface area contributed by atoms with Crippen LogP contribution in [-0.4, -0.2) is 25.7 Å². The first-order chi connectivity index (χ1) is 14.8. The number of anilines is 2. The van der Waals surface area contributed by atoms with Gasteiger partial charge in [-0.25, -0.2) is 0 Å². The van der Waals surface area contributed by atoms with E-state index in [0.717, 1.165) is 47.2 Å². The highest BCUT2D eigenvalue weighted by Gasteiger charge is 2.23. The van der Waals surface area contributed by atoms with Gasteiger partial charge in [-0.05, 0) is 78.9 Å². The lowest BCUT2D eigenvalue weighted by Gasteiger charge is -2.29. The fourth-order valence-corrected chi connectivity index (χ4v) is 4.46. The molecule has 2 aliphatic heterocycles. The van der Waals surface area contributed by atoms with Crippen molar-refractivity contribution in [1.29, 1.82) is 0 Å². The minimum absolute atomic E-state index is 0.0492. The number of para-hydroxylation sites is 1. The number of benzene rings is 3. The summed E-state index contributed by atoms with van der Waals surface area (Å²) in [6.07, 6.45) is 2.02. The number of nitrogens with one attached hydrogen (secondary N) is 1. The Morgan fingerprint density at radius 2 is 1.73 bits per heavy atom. The molecule has 152 valence electrons. The Kier molecular flexibility index (Phi) is 5.24. The Hall–Kier alpha value is -3.12. The molecule has 3 aromatic carbocycles. The molecule has 0 bridgehead atoms. The van der Waals surface area contributed by atoms with E-state index in [0.29, 0.717) is 18.8 Å². The molecule has 0 unspecified atom stereocenters. The number of rotatable bonds is 4.